The summed E-state index contributed by atoms with van der Waals surface area (Å²) in [6.45, 7) is 1.54. The van der Waals surface area contributed by atoms with Crippen molar-refractivity contribution in [3.8, 4) is 11.8 Å². The summed E-state index contributed by atoms with van der Waals surface area (Å²) in [5.41, 5.74) is -0.149. The van der Waals surface area contributed by atoms with Crippen molar-refractivity contribution >= 4 is 21.6 Å². The van der Waals surface area contributed by atoms with Crippen molar-refractivity contribution < 1.29 is 27.4 Å². The Balaban J connectivity index is 1.96. The molecule has 0 aliphatic carbocycles. The summed E-state index contributed by atoms with van der Waals surface area (Å²) < 4.78 is 48.1. The molecular weight excluding hydrogens is 403 g/mol. The van der Waals surface area contributed by atoms with Crippen LogP contribution in [0.2, 0.25) is 0 Å². The van der Waals surface area contributed by atoms with E-state index in [0.717, 1.165) is 6.07 Å². The normalized spacial score (nSPS) is 18.7. The van der Waals surface area contributed by atoms with Crippen LogP contribution in [0.1, 0.15) is 29.4 Å². The first-order valence-corrected chi connectivity index (χ1v) is 10.2. The molecule has 1 aliphatic heterocycles. The Morgan fingerprint density at radius 3 is 2.93 bits per heavy atom. The summed E-state index contributed by atoms with van der Waals surface area (Å²) >= 11 is 0. The first-order valence-electron chi connectivity index (χ1n) is 8.71. The fourth-order valence-electron chi connectivity index (χ4n) is 2.99. The third kappa shape index (κ3) is 3.95. The number of aliphatic hydroxyl groups is 1. The number of rotatable bonds is 4. The molecule has 2 aromatic rings. The van der Waals surface area contributed by atoms with Crippen molar-refractivity contribution in [3.05, 3.63) is 41.5 Å². The fraction of sp³-hybridized carbons (Fsp3) is 0.333. The number of hydrogen-bond donors (Lipinski definition) is 3. The van der Waals surface area contributed by atoms with Crippen molar-refractivity contribution in [1.82, 2.24) is 9.29 Å². The predicted octanol–water partition coefficient (Wildman–Crippen LogP) is 1.10. The van der Waals surface area contributed by atoms with Gasteiger partial charge in [0.15, 0.2) is 11.4 Å². The summed E-state index contributed by atoms with van der Waals surface area (Å²) in [5, 5.41) is 21.4. The van der Waals surface area contributed by atoms with E-state index in [-0.39, 0.29) is 34.2 Å². The first kappa shape index (κ1) is 20.8. The maximum absolute atomic E-state index is 13.5. The van der Waals surface area contributed by atoms with Crippen LogP contribution < -0.4 is 14.8 Å². The van der Waals surface area contributed by atoms with E-state index in [4.69, 9.17) is 10.00 Å². The van der Waals surface area contributed by atoms with Gasteiger partial charge >= 0.3 is 0 Å². The van der Waals surface area contributed by atoms with Gasteiger partial charge in [-0.2, -0.15) is 5.26 Å². The molecule has 0 saturated carbocycles. The van der Waals surface area contributed by atoms with Gasteiger partial charge in [-0.3, -0.25) is 4.79 Å². The van der Waals surface area contributed by atoms with E-state index in [1.807, 2.05) is 0 Å². The largest absolute Gasteiger partial charge is 0.488 e. The van der Waals surface area contributed by atoms with Gasteiger partial charge in [0.05, 0.1) is 17.7 Å². The summed E-state index contributed by atoms with van der Waals surface area (Å²) in [5.74, 6) is -1.57. The maximum Gasteiger partial charge on any atom is 0.276 e. The Labute approximate surface area is 166 Å². The van der Waals surface area contributed by atoms with Gasteiger partial charge in [0.1, 0.15) is 23.4 Å². The number of nitriles is 1. The minimum Gasteiger partial charge on any atom is -0.488 e. The molecule has 0 saturated heterocycles. The predicted molar refractivity (Wildman–Crippen MR) is 100 cm³/mol. The van der Waals surface area contributed by atoms with Gasteiger partial charge in [-0.05, 0) is 24.6 Å². The molecule has 1 amide bonds. The third-order valence-electron chi connectivity index (χ3n) is 4.55. The molecule has 11 heteroatoms. The lowest BCUT2D eigenvalue weighted by molar-refractivity contribution is 0.0991. The number of carbonyl (C=O) groups is 1. The van der Waals surface area contributed by atoms with Gasteiger partial charge < -0.3 is 19.7 Å². The number of hydrogen-bond acceptors (Lipinski definition) is 6. The van der Waals surface area contributed by atoms with E-state index in [1.54, 1.807) is 13.0 Å². The molecule has 1 aromatic carbocycles. The lowest BCUT2D eigenvalue weighted by Gasteiger charge is -2.20. The number of nitrogens with one attached hydrogen (secondary N) is 2. The molecule has 3 N–H and O–H groups in total. The second kappa shape index (κ2) is 7.82. The Kier molecular flexibility index (Phi) is 5.61. The number of aryl methyl sites for hydroxylation is 1. The van der Waals surface area contributed by atoms with Crippen molar-refractivity contribution in [1.29, 1.82) is 5.26 Å². The first-order chi connectivity index (χ1) is 13.7. The summed E-state index contributed by atoms with van der Waals surface area (Å²) in [4.78, 5) is 12.6. The van der Waals surface area contributed by atoms with Crippen LogP contribution in [0.4, 0.5) is 10.1 Å². The molecule has 0 bridgehead atoms. The number of nitrogens with zero attached hydrogens (tertiary/aromatic N) is 2. The van der Waals surface area contributed by atoms with Crippen LogP contribution in [-0.4, -0.2) is 42.8 Å². The average Bonchev–Trinajstić information content (AvgIpc) is 2.96. The quantitative estimate of drug-likeness (QED) is 0.676. The number of aromatic nitrogens is 1. The lowest BCUT2D eigenvalue weighted by atomic mass is 10.1. The van der Waals surface area contributed by atoms with Crippen LogP contribution in [0.3, 0.4) is 0 Å². The van der Waals surface area contributed by atoms with Gasteiger partial charge in [0, 0.05) is 18.9 Å². The van der Waals surface area contributed by atoms with Crippen molar-refractivity contribution in [2.24, 2.45) is 7.05 Å². The van der Waals surface area contributed by atoms with Crippen LogP contribution in [0.15, 0.2) is 29.3 Å². The zero-order valence-electron chi connectivity index (χ0n) is 15.6. The Bertz CT molecular complexity index is 1110. The summed E-state index contributed by atoms with van der Waals surface area (Å²) in [7, 11) is -2.56. The highest BCUT2D eigenvalue weighted by Gasteiger charge is 2.36. The van der Waals surface area contributed by atoms with Crippen LogP contribution in [-0.2, 0) is 17.1 Å². The molecule has 0 spiro atoms. The maximum atomic E-state index is 13.5. The Morgan fingerprint density at radius 1 is 1.55 bits per heavy atom. The minimum atomic E-state index is -4.04. The van der Waals surface area contributed by atoms with E-state index >= 15 is 0 Å². The molecule has 154 valence electrons. The standard InChI is InChI=1S/C18H19FN4O5S/c1-3-14(24)13-9-28-17-15(29(26,27)22-13)8-23(2)16(17)18(25)21-11-4-5-12(19)10(6-11)7-20/h4-6,8,13-14,22,24H,3,9H2,1-2H3,(H,21,25)/t13-,14?/m1/s1. The number of carbonyl (C=O) groups excluding carboxylic acids is 1. The van der Waals surface area contributed by atoms with Gasteiger partial charge in [-0.25, -0.2) is 17.5 Å². The highest BCUT2D eigenvalue weighted by Crippen LogP contribution is 2.33. The van der Waals surface area contributed by atoms with Crippen molar-refractivity contribution in [2.45, 2.75) is 30.4 Å². The van der Waals surface area contributed by atoms with Crippen LogP contribution in [0.25, 0.3) is 0 Å². The lowest BCUT2D eigenvalue weighted by Crippen LogP contribution is -2.45. The molecule has 3 rings (SSSR count). The van der Waals surface area contributed by atoms with E-state index in [2.05, 4.69) is 10.0 Å². The van der Waals surface area contributed by atoms with Gasteiger partial charge in [0.25, 0.3) is 5.91 Å². The van der Waals surface area contributed by atoms with Crippen molar-refractivity contribution in [2.75, 3.05) is 11.9 Å². The second-order valence-corrected chi connectivity index (χ2v) is 8.24. The topological polar surface area (TPSA) is 133 Å². The molecular formula is C18H19FN4O5S. The number of fused-ring (bicyclic) bond motifs is 1. The van der Waals surface area contributed by atoms with Gasteiger partial charge in [-0.1, -0.05) is 6.92 Å². The molecule has 1 aromatic heterocycles. The number of halogens is 1. The molecule has 0 fully saturated rings. The summed E-state index contributed by atoms with van der Waals surface area (Å²) in [6, 6.07) is 4.30. The fourth-order valence-corrected chi connectivity index (χ4v) is 4.44. The molecule has 0 radical (unpaired) electrons. The number of amides is 1. The number of benzene rings is 1. The zero-order chi connectivity index (χ0) is 21.3. The molecule has 1 aliphatic rings. The molecule has 1 unspecified atom stereocenters. The minimum absolute atomic E-state index is 0.0696. The number of anilines is 1. The van der Waals surface area contributed by atoms with E-state index in [9.17, 15) is 22.7 Å². The van der Waals surface area contributed by atoms with Crippen LogP contribution >= 0.6 is 0 Å². The Morgan fingerprint density at radius 2 is 2.28 bits per heavy atom. The third-order valence-corrected chi connectivity index (χ3v) is 6.03. The smallest absolute Gasteiger partial charge is 0.276 e. The van der Waals surface area contributed by atoms with Crippen LogP contribution in [0, 0.1) is 17.1 Å². The van der Waals surface area contributed by atoms with E-state index in [0.29, 0.717) is 6.42 Å². The second-order valence-electron chi connectivity index (χ2n) is 6.56. The van der Waals surface area contributed by atoms with E-state index < -0.39 is 33.9 Å². The zero-order valence-corrected chi connectivity index (χ0v) is 16.5. The number of aliphatic hydroxyl groups excluding tert-OH is 1. The molecule has 2 atom stereocenters. The number of ether oxygens (including phenoxy) is 1. The highest BCUT2D eigenvalue weighted by molar-refractivity contribution is 7.89. The molecule has 9 nitrogen and oxygen atoms in total. The van der Waals surface area contributed by atoms with Gasteiger partial charge in [-0.15, -0.1) is 0 Å². The average molecular weight is 422 g/mol. The molecule has 2 heterocycles. The SMILES string of the molecule is CCC(O)[C@H]1COc2c(cn(C)c2C(=O)Nc2ccc(F)c(C#N)c2)S(=O)(=O)N1. The monoisotopic (exact) mass is 422 g/mol. The highest BCUT2D eigenvalue weighted by atomic mass is 32.2. The Hall–Kier alpha value is -2.94. The number of sulfonamides is 1. The summed E-state index contributed by atoms with van der Waals surface area (Å²) in [6.07, 6.45) is 0.593. The van der Waals surface area contributed by atoms with E-state index in [1.165, 1.54) is 29.9 Å². The molecule has 29 heavy (non-hydrogen) atoms. The van der Waals surface area contributed by atoms with Gasteiger partial charge in [0.2, 0.25) is 10.0 Å². The van der Waals surface area contributed by atoms with Crippen LogP contribution in [0.5, 0.6) is 5.75 Å². The van der Waals surface area contributed by atoms with Crippen molar-refractivity contribution in [3.63, 3.8) is 0 Å².